The normalized spacial score (nSPS) is 18.6. The highest BCUT2D eigenvalue weighted by atomic mass is 16.7. The third kappa shape index (κ3) is 45.3. The van der Waals surface area contributed by atoms with Gasteiger partial charge in [0.2, 0.25) is 0 Å². The third-order valence-electron chi connectivity index (χ3n) is 13.5. The summed E-state index contributed by atoms with van der Waals surface area (Å²) in [6.45, 7) is 5.70. The molecule has 12 nitrogen and oxygen atoms in total. The lowest BCUT2D eigenvalue weighted by Gasteiger charge is -2.40. The average molecular weight is 1130 g/mol. The first-order valence-electron chi connectivity index (χ1n) is 31.5. The van der Waals surface area contributed by atoms with Gasteiger partial charge in [-0.05, 0) is 122 Å². The summed E-state index contributed by atoms with van der Waals surface area (Å²) in [5.41, 5.74) is 0. The Morgan fingerprint density at radius 3 is 1.23 bits per heavy atom. The number of carbonyl (C=O) groups is 4. The Kier molecular flexibility index (Phi) is 50.9. The predicted octanol–water partition coefficient (Wildman–Crippen LogP) is 16.8. The van der Waals surface area contributed by atoms with Crippen LogP contribution in [0.4, 0.5) is 0 Å². The van der Waals surface area contributed by atoms with Crippen LogP contribution in [0.3, 0.4) is 0 Å². The van der Waals surface area contributed by atoms with Gasteiger partial charge in [-0.15, -0.1) is 0 Å². The first kappa shape index (κ1) is 74.1. The number of allylic oxidation sites excluding steroid dienone is 20. The van der Waals surface area contributed by atoms with Gasteiger partial charge in [0.05, 0.1) is 6.61 Å². The van der Waals surface area contributed by atoms with E-state index in [1.54, 1.807) is 0 Å². The van der Waals surface area contributed by atoms with Crippen molar-refractivity contribution in [3.8, 4) is 0 Å². The van der Waals surface area contributed by atoms with E-state index in [4.69, 9.17) is 23.7 Å². The van der Waals surface area contributed by atoms with Gasteiger partial charge in [0.15, 0.2) is 24.6 Å². The van der Waals surface area contributed by atoms with Crippen LogP contribution in [-0.2, 0) is 42.9 Å². The summed E-state index contributed by atoms with van der Waals surface area (Å²) in [7, 11) is 0. The Morgan fingerprint density at radius 2 is 0.790 bits per heavy atom. The van der Waals surface area contributed by atoms with Gasteiger partial charge in [0.1, 0.15) is 18.8 Å². The van der Waals surface area contributed by atoms with Crippen LogP contribution in [0, 0.1) is 0 Å². The van der Waals surface area contributed by atoms with E-state index in [1.165, 1.54) is 38.5 Å². The number of esters is 3. The van der Waals surface area contributed by atoms with Gasteiger partial charge in [0, 0.05) is 19.3 Å². The molecule has 0 aromatic carbocycles. The zero-order valence-corrected chi connectivity index (χ0v) is 50.5. The molecule has 0 spiro atoms. The van der Waals surface area contributed by atoms with Crippen molar-refractivity contribution in [3.63, 3.8) is 0 Å². The number of hydrogen-bond acceptors (Lipinski definition) is 11. The van der Waals surface area contributed by atoms with E-state index >= 15 is 0 Å². The van der Waals surface area contributed by atoms with Crippen LogP contribution in [0.15, 0.2) is 122 Å². The minimum absolute atomic E-state index is 0.0317. The maximum atomic E-state index is 13.2. The summed E-state index contributed by atoms with van der Waals surface area (Å²) in [5, 5.41) is 31.6. The number of carbonyl (C=O) groups excluding carboxylic acids is 3. The van der Waals surface area contributed by atoms with Crippen LogP contribution in [0.5, 0.6) is 0 Å². The first-order valence-corrected chi connectivity index (χ1v) is 31.5. The lowest BCUT2D eigenvalue weighted by atomic mass is 9.98. The van der Waals surface area contributed by atoms with Gasteiger partial charge in [0.25, 0.3) is 0 Å². The standard InChI is InChI=1S/C69H110O12/c1-4-7-10-13-16-19-22-25-28-30-31-33-36-39-42-45-48-51-54-57-63(72)80-67-65(74)64(73)66(68(75)76)81-69(67)78-59-60(79-62(71)56-53-50-47-44-41-38-34-27-24-21-18-15-12-9-6-3)58-77-61(70)55-52-49-46-43-40-37-35-32-29-26-23-20-17-14-11-8-5-2/h7-8,10-11,16-17,19-20,25-29,31,33-35,37,43,46,60,64-67,69,73-74H,4-6,9,12-15,18,21-24,30,32,36,38-42,44-45,47-59H2,1-3H3,(H,75,76)/b10-7-,11-8-,19-16-,20-17-,28-25-,29-26-,33-31-,34-27-,37-35-,46-43-. The summed E-state index contributed by atoms with van der Waals surface area (Å²) in [6.07, 6.45) is 64.4. The largest absolute Gasteiger partial charge is 0.479 e. The smallest absolute Gasteiger partial charge is 0.335 e. The van der Waals surface area contributed by atoms with Crippen molar-refractivity contribution < 1.29 is 58.2 Å². The highest BCUT2D eigenvalue weighted by Gasteiger charge is 2.50. The quantitative estimate of drug-likeness (QED) is 0.0228. The second-order valence-electron chi connectivity index (χ2n) is 20.9. The number of hydrogen-bond donors (Lipinski definition) is 3. The molecule has 0 aromatic rings. The SMILES string of the molecule is CC/C=C\C/C=C\C/C=C\C/C=C\C/C=C\CCCC(=O)OCC(COC1OC(C(=O)O)C(O)C(O)C1OC(=O)CCCCCCCC/C=C\C/C=C\C/C=C\C/C=C\CC)OC(=O)CCCCCCC/C=C\CCCCCCCC. The van der Waals surface area contributed by atoms with Crippen LogP contribution in [0.2, 0.25) is 0 Å². The van der Waals surface area contributed by atoms with Gasteiger partial charge < -0.3 is 39.0 Å². The van der Waals surface area contributed by atoms with Gasteiger partial charge >= 0.3 is 23.9 Å². The van der Waals surface area contributed by atoms with E-state index in [2.05, 4.69) is 136 Å². The van der Waals surface area contributed by atoms with Crippen molar-refractivity contribution in [1.29, 1.82) is 0 Å². The minimum Gasteiger partial charge on any atom is -0.479 e. The summed E-state index contributed by atoms with van der Waals surface area (Å²) in [4.78, 5) is 51.3. The van der Waals surface area contributed by atoms with Gasteiger partial charge in [-0.3, -0.25) is 14.4 Å². The number of aliphatic hydroxyl groups is 2. The summed E-state index contributed by atoms with van der Waals surface area (Å²) in [6, 6.07) is 0. The molecule has 1 rings (SSSR count). The molecule has 12 heteroatoms. The molecule has 6 atom stereocenters. The zero-order valence-electron chi connectivity index (χ0n) is 50.5. The van der Waals surface area contributed by atoms with Crippen molar-refractivity contribution >= 4 is 23.9 Å². The van der Waals surface area contributed by atoms with Crippen LogP contribution in [0.1, 0.15) is 239 Å². The average Bonchev–Trinajstić information content (AvgIpc) is 3.53. The molecule has 1 aliphatic rings. The number of carboxylic acid groups (broad SMARTS) is 1. The monoisotopic (exact) mass is 1130 g/mol. The first-order chi connectivity index (χ1) is 39.6. The van der Waals surface area contributed by atoms with Crippen LogP contribution < -0.4 is 0 Å². The Balaban J connectivity index is 2.72. The van der Waals surface area contributed by atoms with Gasteiger partial charge in [-0.25, -0.2) is 4.79 Å². The number of rotatable bonds is 52. The maximum absolute atomic E-state index is 13.2. The number of carboxylic acids is 1. The molecule has 0 amide bonds. The molecule has 0 bridgehead atoms. The molecule has 1 fully saturated rings. The number of unbranched alkanes of at least 4 members (excludes halogenated alkanes) is 18. The predicted molar refractivity (Wildman–Crippen MR) is 330 cm³/mol. The lowest BCUT2D eigenvalue weighted by Crippen LogP contribution is -2.61. The molecule has 1 heterocycles. The van der Waals surface area contributed by atoms with Crippen LogP contribution in [-0.4, -0.2) is 89.2 Å². The lowest BCUT2D eigenvalue weighted by molar-refractivity contribution is -0.301. The molecule has 81 heavy (non-hydrogen) atoms. The zero-order chi connectivity index (χ0) is 58.9. The van der Waals surface area contributed by atoms with Crippen molar-refractivity contribution in [1.82, 2.24) is 0 Å². The molecular formula is C69H110O12. The molecular weight excluding hydrogens is 1020 g/mol. The highest BCUT2D eigenvalue weighted by Crippen LogP contribution is 2.26. The van der Waals surface area contributed by atoms with Gasteiger partial charge in [-0.1, -0.05) is 219 Å². The Morgan fingerprint density at radius 1 is 0.420 bits per heavy atom. The Hall–Kier alpha value is -4.88. The fourth-order valence-corrected chi connectivity index (χ4v) is 8.74. The van der Waals surface area contributed by atoms with E-state index in [0.717, 1.165) is 135 Å². The number of aliphatic carboxylic acids is 1. The Bertz CT molecular complexity index is 1870. The van der Waals surface area contributed by atoms with Crippen LogP contribution >= 0.6 is 0 Å². The molecule has 0 radical (unpaired) electrons. The molecule has 6 unspecified atom stereocenters. The topological polar surface area (TPSA) is 175 Å². The summed E-state index contributed by atoms with van der Waals surface area (Å²) >= 11 is 0. The minimum atomic E-state index is -1.92. The van der Waals surface area contributed by atoms with Crippen molar-refractivity contribution in [2.24, 2.45) is 0 Å². The molecule has 0 saturated carbocycles. The van der Waals surface area contributed by atoms with E-state index in [9.17, 15) is 34.5 Å². The molecule has 458 valence electrons. The van der Waals surface area contributed by atoms with E-state index in [1.807, 2.05) is 6.08 Å². The fourth-order valence-electron chi connectivity index (χ4n) is 8.74. The third-order valence-corrected chi connectivity index (χ3v) is 13.5. The fraction of sp³-hybridized carbons (Fsp3) is 0.652. The number of ether oxygens (including phenoxy) is 5. The van der Waals surface area contributed by atoms with Crippen LogP contribution in [0.25, 0.3) is 0 Å². The summed E-state index contributed by atoms with van der Waals surface area (Å²) < 4.78 is 28.4. The van der Waals surface area contributed by atoms with Crippen molar-refractivity contribution in [3.05, 3.63) is 122 Å². The molecule has 3 N–H and O–H groups in total. The number of aliphatic hydroxyl groups excluding tert-OH is 2. The molecule has 0 aliphatic carbocycles. The van der Waals surface area contributed by atoms with E-state index < -0.39 is 67.3 Å². The van der Waals surface area contributed by atoms with Crippen molar-refractivity contribution in [2.45, 2.75) is 276 Å². The molecule has 1 aliphatic heterocycles. The Labute approximate surface area is 490 Å². The molecule has 0 aromatic heterocycles. The summed E-state index contributed by atoms with van der Waals surface area (Å²) in [5.74, 6) is -3.24. The molecule has 1 saturated heterocycles. The van der Waals surface area contributed by atoms with E-state index in [-0.39, 0.29) is 25.9 Å². The van der Waals surface area contributed by atoms with E-state index in [0.29, 0.717) is 25.7 Å². The highest BCUT2D eigenvalue weighted by molar-refractivity contribution is 5.74. The van der Waals surface area contributed by atoms with Gasteiger partial charge in [-0.2, -0.15) is 0 Å². The van der Waals surface area contributed by atoms with Crippen molar-refractivity contribution in [2.75, 3.05) is 13.2 Å². The second kappa shape index (κ2) is 55.6. The maximum Gasteiger partial charge on any atom is 0.335 e. The second-order valence-corrected chi connectivity index (χ2v) is 20.9.